The molecule has 1 aromatic carbocycles. The van der Waals surface area contributed by atoms with Gasteiger partial charge in [0.25, 0.3) is 0 Å². The van der Waals surface area contributed by atoms with E-state index < -0.39 is 15.9 Å². The summed E-state index contributed by atoms with van der Waals surface area (Å²) in [7, 11) is -2.20. The number of nitrogens with zero attached hydrogens (tertiary/aromatic N) is 1. The summed E-state index contributed by atoms with van der Waals surface area (Å²) < 4.78 is 32.4. The van der Waals surface area contributed by atoms with Gasteiger partial charge in [0.15, 0.2) is 0 Å². The summed E-state index contributed by atoms with van der Waals surface area (Å²) in [5.41, 5.74) is 0.255. The molecule has 1 saturated heterocycles. The van der Waals surface area contributed by atoms with Gasteiger partial charge in [-0.1, -0.05) is 0 Å². The van der Waals surface area contributed by atoms with Gasteiger partial charge in [-0.3, -0.25) is 9.59 Å². The van der Waals surface area contributed by atoms with Crippen molar-refractivity contribution < 1.29 is 22.7 Å². The van der Waals surface area contributed by atoms with Gasteiger partial charge in [-0.25, -0.2) is 13.1 Å². The number of sulfonamides is 1. The number of carbonyl (C=O) groups is 2. The summed E-state index contributed by atoms with van der Waals surface area (Å²) in [6.07, 6.45) is 1.67. The van der Waals surface area contributed by atoms with E-state index in [2.05, 4.69) is 10.0 Å². The van der Waals surface area contributed by atoms with E-state index in [0.717, 1.165) is 12.8 Å². The topological polar surface area (TPSA) is 105 Å². The van der Waals surface area contributed by atoms with Crippen molar-refractivity contribution in [3.63, 3.8) is 0 Å². The molecule has 1 aliphatic carbocycles. The average Bonchev–Trinajstić information content (AvgIpc) is 3.28. The monoisotopic (exact) mass is 385 g/mol. The first-order valence-electron chi connectivity index (χ1n) is 7.75. The molecular formula is C15H19N3O5S2. The Morgan fingerprint density at radius 1 is 1.40 bits per heavy atom. The Morgan fingerprint density at radius 2 is 2.16 bits per heavy atom. The number of ether oxygens (including phenoxy) is 1. The lowest BCUT2D eigenvalue weighted by Gasteiger charge is -2.16. The van der Waals surface area contributed by atoms with Crippen LogP contribution in [0, 0.1) is 0 Å². The van der Waals surface area contributed by atoms with Crippen LogP contribution >= 0.6 is 11.8 Å². The Bertz CT molecular complexity index is 792. The number of thioether (sulfide) groups is 1. The standard InChI is InChI=1S/C15H19N3O5S2/c1-23-13-5-4-11(25(21,22)17-10-2-3-10)6-12(13)16-14(19)7-18-9-24-8-15(18)20/h4-6,10,17H,2-3,7-9H2,1H3,(H,16,19). The van der Waals surface area contributed by atoms with Crippen LogP contribution in [0.4, 0.5) is 5.69 Å². The molecule has 2 amide bonds. The van der Waals surface area contributed by atoms with E-state index in [1.54, 1.807) is 0 Å². The molecule has 1 heterocycles. The number of carbonyl (C=O) groups excluding carboxylic acids is 2. The van der Waals surface area contributed by atoms with Crippen molar-refractivity contribution in [2.45, 2.75) is 23.8 Å². The van der Waals surface area contributed by atoms with Gasteiger partial charge in [0.05, 0.1) is 29.3 Å². The number of anilines is 1. The maximum atomic E-state index is 12.3. The van der Waals surface area contributed by atoms with Crippen LogP contribution in [0.5, 0.6) is 5.75 Å². The van der Waals surface area contributed by atoms with Crippen LogP contribution in [0.15, 0.2) is 23.1 Å². The van der Waals surface area contributed by atoms with Gasteiger partial charge in [0, 0.05) is 6.04 Å². The van der Waals surface area contributed by atoms with E-state index >= 15 is 0 Å². The van der Waals surface area contributed by atoms with Gasteiger partial charge in [-0.15, -0.1) is 11.8 Å². The number of benzene rings is 1. The maximum absolute atomic E-state index is 12.3. The smallest absolute Gasteiger partial charge is 0.244 e. The average molecular weight is 385 g/mol. The summed E-state index contributed by atoms with van der Waals surface area (Å²) in [5, 5.41) is 2.63. The van der Waals surface area contributed by atoms with Crippen molar-refractivity contribution in [3.8, 4) is 5.75 Å². The van der Waals surface area contributed by atoms with Crippen LogP contribution in [0.1, 0.15) is 12.8 Å². The van der Waals surface area contributed by atoms with Crippen molar-refractivity contribution in [1.82, 2.24) is 9.62 Å². The molecule has 10 heteroatoms. The second-order valence-corrected chi connectivity index (χ2v) is 8.54. The van der Waals surface area contributed by atoms with Gasteiger partial charge in [0.2, 0.25) is 21.8 Å². The summed E-state index contributed by atoms with van der Waals surface area (Å²) >= 11 is 1.45. The lowest BCUT2D eigenvalue weighted by molar-refractivity contribution is -0.130. The fourth-order valence-corrected chi connectivity index (χ4v) is 4.58. The maximum Gasteiger partial charge on any atom is 0.244 e. The molecule has 136 valence electrons. The van der Waals surface area contributed by atoms with E-state index in [9.17, 15) is 18.0 Å². The van der Waals surface area contributed by atoms with Gasteiger partial charge >= 0.3 is 0 Å². The normalized spacial score (nSPS) is 17.6. The molecule has 2 N–H and O–H groups in total. The molecule has 0 bridgehead atoms. The molecule has 1 saturated carbocycles. The molecule has 0 spiro atoms. The zero-order valence-corrected chi connectivity index (χ0v) is 15.3. The number of hydrogen-bond acceptors (Lipinski definition) is 6. The fourth-order valence-electron chi connectivity index (χ4n) is 2.34. The third-order valence-electron chi connectivity index (χ3n) is 3.81. The van der Waals surface area contributed by atoms with Crippen LogP contribution in [-0.4, -0.2) is 56.5 Å². The van der Waals surface area contributed by atoms with Crippen molar-refractivity contribution >= 4 is 39.3 Å². The van der Waals surface area contributed by atoms with Gasteiger partial charge in [-0.05, 0) is 31.0 Å². The Balaban J connectivity index is 1.75. The lowest BCUT2D eigenvalue weighted by Crippen LogP contribution is -2.34. The first-order valence-corrected chi connectivity index (χ1v) is 10.4. The van der Waals surface area contributed by atoms with Crippen LogP contribution < -0.4 is 14.8 Å². The van der Waals surface area contributed by atoms with Crippen molar-refractivity contribution in [2.24, 2.45) is 0 Å². The first-order chi connectivity index (χ1) is 11.9. The van der Waals surface area contributed by atoms with Crippen molar-refractivity contribution in [2.75, 3.05) is 30.6 Å². The first kappa shape index (κ1) is 18.0. The van der Waals surface area contributed by atoms with E-state index in [-0.39, 0.29) is 29.1 Å². The molecule has 1 aromatic rings. The second kappa shape index (κ2) is 7.22. The molecule has 2 aliphatic rings. The summed E-state index contributed by atoms with van der Waals surface area (Å²) in [5.74, 6) is 0.706. The van der Waals surface area contributed by atoms with Crippen LogP contribution in [0.2, 0.25) is 0 Å². The Kier molecular flexibility index (Phi) is 5.21. The Hall–Kier alpha value is -1.78. The Labute approximate surface area is 150 Å². The minimum Gasteiger partial charge on any atom is -0.495 e. The zero-order valence-electron chi connectivity index (χ0n) is 13.6. The summed E-state index contributed by atoms with van der Waals surface area (Å²) in [6, 6.07) is 4.28. The van der Waals surface area contributed by atoms with E-state index in [1.807, 2.05) is 0 Å². The van der Waals surface area contributed by atoms with Gasteiger partial charge in [0.1, 0.15) is 12.3 Å². The number of methoxy groups -OCH3 is 1. The molecular weight excluding hydrogens is 366 g/mol. The van der Waals surface area contributed by atoms with E-state index in [4.69, 9.17) is 4.74 Å². The highest BCUT2D eigenvalue weighted by atomic mass is 32.2. The van der Waals surface area contributed by atoms with E-state index in [0.29, 0.717) is 17.4 Å². The molecule has 2 fully saturated rings. The predicted octanol–water partition coefficient (Wildman–Crippen LogP) is 0.607. The van der Waals surface area contributed by atoms with Crippen molar-refractivity contribution in [3.05, 3.63) is 18.2 Å². The molecule has 25 heavy (non-hydrogen) atoms. The van der Waals surface area contributed by atoms with E-state index in [1.165, 1.54) is 42.0 Å². The predicted molar refractivity (Wildman–Crippen MR) is 94.0 cm³/mol. The third-order valence-corrected chi connectivity index (χ3v) is 6.28. The number of hydrogen-bond donors (Lipinski definition) is 2. The highest BCUT2D eigenvalue weighted by Crippen LogP contribution is 2.29. The molecule has 0 radical (unpaired) electrons. The van der Waals surface area contributed by atoms with Crippen LogP contribution in [-0.2, 0) is 19.6 Å². The summed E-state index contributed by atoms with van der Waals surface area (Å²) in [4.78, 5) is 25.3. The highest BCUT2D eigenvalue weighted by Gasteiger charge is 2.29. The van der Waals surface area contributed by atoms with Gasteiger partial charge in [-0.2, -0.15) is 0 Å². The second-order valence-electron chi connectivity index (χ2n) is 5.88. The molecule has 3 rings (SSSR count). The van der Waals surface area contributed by atoms with Crippen LogP contribution in [0.25, 0.3) is 0 Å². The number of amides is 2. The largest absolute Gasteiger partial charge is 0.495 e. The van der Waals surface area contributed by atoms with Gasteiger partial charge < -0.3 is 15.0 Å². The quantitative estimate of drug-likeness (QED) is 0.712. The minimum atomic E-state index is -3.64. The summed E-state index contributed by atoms with van der Waals surface area (Å²) in [6.45, 7) is -0.0771. The number of nitrogens with one attached hydrogen (secondary N) is 2. The molecule has 8 nitrogen and oxygen atoms in total. The minimum absolute atomic E-state index is 0.0104. The lowest BCUT2D eigenvalue weighted by atomic mass is 10.3. The molecule has 1 aliphatic heterocycles. The fraction of sp³-hybridized carbons (Fsp3) is 0.467. The molecule has 0 aromatic heterocycles. The molecule has 0 unspecified atom stereocenters. The number of rotatable bonds is 7. The third kappa shape index (κ3) is 4.44. The zero-order chi connectivity index (χ0) is 18.0. The van der Waals surface area contributed by atoms with Crippen LogP contribution in [0.3, 0.4) is 0 Å². The van der Waals surface area contributed by atoms with Crippen molar-refractivity contribution in [1.29, 1.82) is 0 Å². The highest BCUT2D eigenvalue weighted by molar-refractivity contribution is 8.00. The SMILES string of the molecule is COc1ccc(S(=O)(=O)NC2CC2)cc1NC(=O)CN1CSCC1=O. The Morgan fingerprint density at radius 3 is 2.76 bits per heavy atom. The molecule has 0 atom stereocenters.